The largest absolute Gasteiger partial charge is 0.416 e. The Morgan fingerprint density at radius 1 is 1.29 bits per heavy atom. The van der Waals surface area contributed by atoms with Crippen LogP contribution in [0.2, 0.25) is 0 Å². The first-order valence-corrected chi connectivity index (χ1v) is 10.8. The summed E-state index contributed by atoms with van der Waals surface area (Å²) in [5.74, 6) is 0.785. The number of nitrogens with one attached hydrogen (secondary N) is 1. The van der Waals surface area contributed by atoms with Crippen molar-refractivity contribution < 1.29 is 18.0 Å². The highest BCUT2D eigenvalue weighted by Crippen LogP contribution is 2.33. The number of hydrogen-bond acceptors (Lipinski definition) is 5. The number of carbonyl (C=O) groups excluding carboxylic acids is 1. The number of benzene rings is 1. The molecule has 0 saturated carbocycles. The number of nitrogens with zero attached hydrogens (tertiary/aromatic N) is 4. The predicted molar refractivity (Wildman–Crippen MR) is 112 cm³/mol. The number of halogens is 3. The maximum absolute atomic E-state index is 12.9. The first-order valence-electron chi connectivity index (χ1n) is 9.92. The summed E-state index contributed by atoms with van der Waals surface area (Å²) in [6.07, 6.45) is 0.757. The minimum atomic E-state index is -4.41. The van der Waals surface area contributed by atoms with Gasteiger partial charge in [-0.05, 0) is 38.1 Å². The van der Waals surface area contributed by atoms with Gasteiger partial charge in [0.2, 0.25) is 5.91 Å². The first-order chi connectivity index (χ1) is 14.8. The number of amides is 1. The van der Waals surface area contributed by atoms with Crippen LogP contribution in [0.5, 0.6) is 0 Å². The number of anilines is 1. The molecule has 0 unspecified atom stereocenters. The van der Waals surface area contributed by atoms with E-state index in [1.807, 2.05) is 17.8 Å². The zero-order valence-electron chi connectivity index (χ0n) is 16.9. The standard InChI is InChI=1S/C21H22F3N5OS/c1-28-10-7-25-18(28)12-29-8-5-14(6-9-29)19(30)27-20-26-17(13-31-20)15-3-2-4-16(11-15)21(22,23)24/h2-4,7,10-11,13-14H,5-6,8-9,12H2,1H3,(H,26,27,30). The summed E-state index contributed by atoms with van der Waals surface area (Å²) in [5, 5.41) is 4.88. The van der Waals surface area contributed by atoms with Crippen molar-refractivity contribution in [3.05, 3.63) is 53.4 Å². The van der Waals surface area contributed by atoms with Crippen molar-refractivity contribution in [1.29, 1.82) is 0 Å². The van der Waals surface area contributed by atoms with E-state index in [0.717, 1.165) is 50.4 Å². The average molecular weight is 450 g/mol. The van der Waals surface area contributed by atoms with Crippen molar-refractivity contribution in [2.75, 3.05) is 18.4 Å². The number of alkyl halides is 3. The van der Waals surface area contributed by atoms with Crippen LogP contribution < -0.4 is 5.32 Å². The van der Waals surface area contributed by atoms with E-state index in [1.165, 1.54) is 17.4 Å². The second-order valence-corrected chi connectivity index (χ2v) is 8.47. The molecule has 1 N–H and O–H groups in total. The molecule has 0 radical (unpaired) electrons. The highest BCUT2D eigenvalue weighted by Gasteiger charge is 2.31. The van der Waals surface area contributed by atoms with E-state index in [4.69, 9.17) is 0 Å². The molecule has 164 valence electrons. The van der Waals surface area contributed by atoms with E-state index in [0.29, 0.717) is 16.4 Å². The molecule has 4 rings (SSSR count). The van der Waals surface area contributed by atoms with Crippen molar-refractivity contribution in [2.45, 2.75) is 25.6 Å². The number of thiazole rings is 1. The summed E-state index contributed by atoms with van der Waals surface area (Å²) in [5.41, 5.74) is 0.0614. The molecule has 1 saturated heterocycles. The van der Waals surface area contributed by atoms with Crippen LogP contribution >= 0.6 is 11.3 Å². The molecule has 0 bridgehead atoms. The van der Waals surface area contributed by atoms with Gasteiger partial charge in [0.15, 0.2) is 5.13 Å². The third-order valence-electron chi connectivity index (χ3n) is 5.46. The van der Waals surface area contributed by atoms with Crippen LogP contribution in [0, 0.1) is 5.92 Å². The molecule has 1 aromatic carbocycles. The first kappa shape index (κ1) is 21.5. The Bertz CT molecular complexity index is 1050. The van der Waals surface area contributed by atoms with E-state index in [9.17, 15) is 18.0 Å². The van der Waals surface area contributed by atoms with E-state index in [-0.39, 0.29) is 11.8 Å². The molecular weight excluding hydrogens is 427 g/mol. The Morgan fingerprint density at radius 3 is 2.74 bits per heavy atom. The number of likely N-dealkylation sites (tertiary alicyclic amines) is 1. The van der Waals surface area contributed by atoms with Crippen molar-refractivity contribution in [3.8, 4) is 11.3 Å². The Hall–Kier alpha value is -2.72. The number of aryl methyl sites for hydroxylation is 1. The van der Waals surface area contributed by atoms with E-state index >= 15 is 0 Å². The minimum Gasteiger partial charge on any atom is -0.337 e. The molecule has 3 heterocycles. The van der Waals surface area contributed by atoms with Crippen molar-refractivity contribution >= 4 is 22.4 Å². The Balaban J connectivity index is 1.33. The van der Waals surface area contributed by atoms with Gasteiger partial charge in [-0.2, -0.15) is 13.2 Å². The van der Waals surface area contributed by atoms with E-state index in [1.54, 1.807) is 17.6 Å². The molecule has 3 aromatic rings. The van der Waals surface area contributed by atoms with Crippen molar-refractivity contribution in [1.82, 2.24) is 19.4 Å². The second kappa shape index (κ2) is 8.80. The van der Waals surface area contributed by atoms with Crippen LogP contribution in [0.4, 0.5) is 18.3 Å². The van der Waals surface area contributed by atoms with Gasteiger partial charge in [0.05, 0.1) is 17.8 Å². The Labute approximate surface area is 181 Å². The predicted octanol–water partition coefficient (Wildman–Crippen LogP) is 4.41. The maximum atomic E-state index is 12.9. The van der Waals surface area contributed by atoms with Gasteiger partial charge in [0.25, 0.3) is 0 Å². The summed E-state index contributed by atoms with van der Waals surface area (Å²) < 4.78 is 40.8. The summed E-state index contributed by atoms with van der Waals surface area (Å²) in [6.45, 7) is 2.36. The highest BCUT2D eigenvalue weighted by atomic mass is 32.1. The van der Waals surface area contributed by atoms with Gasteiger partial charge in [0, 0.05) is 36.3 Å². The average Bonchev–Trinajstić information content (AvgIpc) is 3.37. The fourth-order valence-corrected chi connectivity index (χ4v) is 4.35. The molecule has 10 heteroatoms. The topological polar surface area (TPSA) is 63.1 Å². The van der Waals surface area contributed by atoms with Gasteiger partial charge in [-0.1, -0.05) is 12.1 Å². The molecule has 1 aliphatic rings. The lowest BCUT2D eigenvalue weighted by Gasteiger charge is -2.30. The van der Waals surface area contributed by atoms with Crippen LogP contribution in [0.25, 0.3) is 11.3 Å². The zero-order chi connectivity index (χ0) is 22.0. The molecule has 0 aliphatic carbocycles. The molecule has 1 amide bonds. The summed E-state index contributed by atoms with van der Waals surface area (Å²) in [4.78, 5) is 23.6. The number of carbonyl (C=O) groups is 1. The lowest BCUT2D eigenvalue weighted by atomic mass is 9.96. The molecule has 0 atom stereocenters. The molecule has 2 aromatic heterocycles. The van der Waals surface area contributed by atoms with Crippen LogP contribution in [-0.2, 0) is 24.6 Å². The molecule has 1 aliphatic heterocycles. The van der Waals surface area contributed by atoms with Gasteiger partial charge in [-0.15, -0.1) is 11.3 Å². The molecule has 31 heavy (non-hydrogen) atoms. The van der Waals surface area contributed by atoms with Crippen LogP contribution in [0.3, 0.4) is 0 Å². The fraction of sp³-hybridized carbons (Fsp3) is 0.381. The van der Waals surface area contributed by atoms with Crippen molar-refractivity contribution in [2.24, 2.45) is 13.0 Å². The normalized spacial score (nSPS) is 15.9. The third-order valence-corrected chi connectivity index (χ3v) is 6.22. The van der Waals surface area contributed by atoms with E-state index in [2.05, 4.69) is 20.2 Å². The molecule has 0 spiro atoms. The number of imidazole rings is 1. The van der Waals surface area contributed by atoms with Gasteiger partial charge in [-0.25, -0.2) is 9.97 Å². The lowest BCUT2D eigenvalue weighted by molar-refractivity contribution is -0.137. The van der Waals surface area contributed by atoms with Crippen LogP contribution in [0.1, 0.15) is 24.2 Å². The highest BCUT2D eigenvalue weighted by molar-refractivity contribution is 7.14. The summed E-state index contributed by atoms with van der Waals surface area (Å²) in [6, 6.07) is 5.03. The molecular formula is C21H22F3N5OS. The molecule has 1 fully saturated rings. The Kier molecular flexibility index (Phi) is 6.10. The fourth-order valence-electron chi connectivity index (χ4n) is 3.63. The van der Waals surface area contributed by atoms with Gasteiger partial charge in [0.1, 0.15) is 5.82 Å². The SMILES string of the molecule is Cn1ccnc1CN1CCC(C(=O)Nc2nc(-c3cccc(C(F)(F)F)c3)cs2)CC1. The maximum Gasteiger partial charge on any atom is 0.416 e. The number of aromatic nitrogens is 3. The van der Waals surface area contributed by atoms with Crippen LogP contribution in [0.15, 0.2) is 42.0 Å². The van der Waals surface area contributed by atoms with Gasteiger partial charge in [-0.3, -0.25) is 9.69 Å². The Morgan fingerprint density at radius 2 is 2.06 bits per heavy atom. The number of piperidine rings is 1. The number of rotatable bonds is 5. The monoisotopic (exact) mass is 449 g/mol. The smallest absolute Gasteiger partial charge is 0.337 e. The summed E-state index contributed by atoms with van der Waals surface area (Å²) >= 11 is 1.21. The summed E-state index contributed by atoms with van der Waals surface area (Å²) in [7, 11) is 1.96. The third kappa shape index (κ3) is 5.13. The minimum absolute atomic E-state index is 0.0958. The number of hydrogen-bond donors (Lipinski definition) is 1. The zero-order valence-corrected chi connectivity index (χ0v) is 17.7. The lowest BCUT2D eigenvalue weighted by Crippen LogP contribution is -2.38. The quantitative estimate of drug-likeness (QED) is 0.627. The second-order valence-electron chi connectivity index (χ2n) is 7.61. The van der Waals surface area contributed by atoms with Crippen LogP contribution in [-0.4, -0.2) is 38.4 Å². The molecule has 6 nitrogen and oxygen atoms in total. The van der Waals surface area contributed by atoms with E-state index < -0.39 is 11.7 Å². The van der Waals surface area contributed by atoms with Crippen molar-refractivity contribution in [3.63, 3.8) is 0 Å². The van der Waals surface area contributed by atoms with Gasteiger partial charge < -0.3 is 9.88 Å². The van der Waals surface area contributed by atoms with Gasteiger partial charge >= 0.3 is 6.18 Å².